The van der Waals surface area contributed by atoms with Gasteiger partial charge in [0.05, 0.1) is 17.7 Å². The molecule has 0 bridgehead atoms. The molecule has 22 heavy (non-hydrogen) atoms. The smallest absolute Gasteiger partial charge is 0.255 e. The van der Waals surface area contributed by atoms with Crippen molar-refractivity contribution in [2.75, 3.05) is 6.54 Å². The van der Waals surface area contributed by atoms with Crippen LogP contribution in [-0.4, -0.2) is 44.6 Å². The van der Waals surface area contributed by atoms with E-state index < -0.39 is 6.10 Å². The highest BCUT2D eigenvalue weighted by Gasteiger charge is 2.36. The van der Waals surface area contributed by atoms with Gasteiger partial charge >= 0.3 is 0 Å². The maximum atomic E-state index is 12.7. The fourth-order valence-corrected chi connectivity index (χ4v) is 2.86. The third kappa shape index (κ3) is 2.99. The average Bonchev–Trinajstić information content (AvgIpc) is 2.89. The number of rotatable bonds is 3. The fraction of sp³-hybridized carbons (Fsp3) is 0.353. The van der Waals surface area contributed by atoms with Crippen molar-refractivity contribution >= 4 is 5.91 Å². The van der Waals surface area contributed by atoms with Crippen LogP contribution in [0.3, 0.4) is 0 Å². The quantitative estimate of drug-likeness (QED) is 0.934. The van der Waals surface area contributed by atoms with Gasteiger partial charge in [-0.15, -0.1) is 0 Å². The summed E-state index contributed by atoms with van der Waals surface area (Å²) in [5.41, 5.74) is 2.47. The van der Waals surface area contributed by atoms with Gasteiger partial charge in [-0.1, -0.05) is 6.07 Å². The first-order chi connectivity index (χ1) is 10.6. The number of likely N-dealkylation sites (tertiary alicyclic amines) is 1. The summed E-state index contributed by atoms with van der Waals surface area (Å²) in [6, 6.07) is 7.24. The molecule has 5 heteroatoms. The molecule has 3 heterocycles. The predicted molar refractivity (Wildman–Crippen MR) is 82.4 cm³/mol. The maximum Gasteiger partial charge on any atom is 0.255 e. The van der Waals surface area contributed by atoms with Crippen molar-refractivity contribution in [3.8, 4) is 0 Å². The van der Waals surface area contributed by atoms with E-state index in [2.05, 4.69) is 9.97 Å². The van der Waals surface area contributed by atoms with Gasteiger partial charge in [-0.25, -0.2) is 0 Å². The molecule has 114 valence electrons. The van der Waals surface area contributed by atoms with Gasteiger partial charge in [0.1, 0.15) is 0 Å². The molecule has 1 amide bonds. The summed E-state index contributed by atoms with van der Waals surface area (Å²) in [6.45, 7) is 2.46. The minimum atomic E-state index is -0.498. The Kier molecular flexibility index (Phi) is 4.15. The lowest BCUT2D eigenvalue weighted by Crippen LogP contribution is -2.41. The van der Waals surface area contributed by atoms with Crippen LogP contribution in [0, 0.1) is 6.92 Å². The standard InChI is InChI=1S/C17H19N3O2/c1-12-4-5-14(11-19-12)17(22)20-8-6-16(21)15(20)9-13-3-2-7-18-10-13/h2-5,7,10-11,15-16,21H,6,8-9H2,1H3/t15-,16+/m0/s1. The molecule has 1 aliphatic heterocycles. The molecule has 0 unspecified atom stereocenters. The zero-order valence-corrected chi connectivity index (χ0v) is 12.5. The summed E-state index contributed by atoms with van der Waals surface area (Å²) in [5, 5.41) is 10.2. The highest BCUT2D eigenvalue weighted by Crippen LogP contribution is 2.23. The zero-order valence-electron chi connectivity index (χ0n) is 12.5. The Hall–Kier alpha value is -2.27. The molecule has 0 aliphatic carbocycles. The van der Waals surface area contributed by atoms with Gasteiger partial charge in [0.2, 0.25) is 0 Å². The molecule has 5 nitrogen and oxygen atoms in total. The zero-order chi connectivity index (χ0) is 15.5. The van der Waals surface area contributed by atoms with Gasteiger partial charge in [0, 0.05) is 30.8 Å². The maximum absolute atomic E-state index is 12.7. The Bertz CT molecular complexity index is 643. The fourth-order valence-electron chi connectivity index (χ4n) is 2.86. The third-order valence-corrected chi connectivity index (χ3v) is 4.10. The van der Waals surface area contributed by atoms with E-state index >= 15 is 0 Å². The van der Waals surface area contributed by atoms with Gasteiger partial charge in [0.25, 0.3) is 5.91 Å². The Balaban J connectivity index is 1.79. The van der Waals surface area contributed by atoms with Crippen molar-refractivity contribution in [2.24, 2.45) is 0 Å². The number of carbonyl (C=O) groups is 1. The van der Waals surface area contributed by atoms with Gasteiger partial charge in [-0.3, -0.25) is 14.8 Å². The van der Waals surface area contributed by atoms with Crippen LogP contribution < -0.4 is 0 Å². The third-order valence-electron chi connectivity index (χ3n) is 4.10. The number of carbonyl (C=O) groups excluding carboxylic acids is 1. The Labute approximate surface area is 129 Å². The first kappa shape index (κ1) is 14.7. The van der Waals surface area contributed by atoms with Crippen molar-refractivity contribution in [2.45, 2.75) is 31.9 Å². The summed E-state index contributed by atoms with van der Waals surface area (Å²) in [6.07, 6.45) is 5.82. The Morgan fingerprint density at radius 1 is 1.36 bits per heavy atom. The van der Waals surface area contributed by atoms with E-state index in [1.165, 1.54) is 0 Å². The first-order valence-electron chi connectivity index (χ1n) is 7.46. The molecule has 1 saturated heterocycles. The van der Waals surface area contributed by atoms with Crippen LogP contribution in [0.1, 0.15) is 28.0 Å². The largest absolute Gasteiger partial charge is 0.391 e. The Morgan fingerprint density at radius 2 is 2.23 bits per heavy atom. The van der Waals surface area contributed by atoms with Crippen LogP contribution in [0.25, 0.3) is 0 Å². The molecule has 1 N–H and O–H groups in total. The SMILES string of the molecule is Cc1ccc(C(=O)N2CC[C@@H](O)[C@@H]2Cc2cccnc2)cn1. The number of hydrogen-bond acceptors (Lipinski definition) is 4. The lowest BCUT2D eigenvalue weighted by atomic mass is 10.0. The molecular formula is C17H19N3O2. The van der Waals surface area contributed by atoms with Gasteiger partial charge in [-0.05, 0) is 43.5 Å². The molecule has 2 aromatic rings. The van der Waals surface area contributed by atoms with E-state index in [1.54, 1.807) is 29.6 Å². The van der Waals surface area contributed by atoms with E-state index in [-0.39, 0.29) is 11.9 Å². The molecule has 3 rings (SSSR count). The minimum Gasteiger partial charge on any atom is -0.391 e. The van der Waals surface area contributed by atoms with E-state index in [0.29, 0.717) is 24.9 Å². The summed E-state index contributed by atoms with van der Waals surface area (Å²) in [4.78, 5) is 22.7. The topological polar surface area (TPSA) is 66.3 Å². The molecule has 0 spiro atoms. The summed E-state index contributed by atoms with van der Waals surface area (Å²) in [7, 11) is 0. The van der Waals surface area contributed by atoms with Gasteiger partial charge < -0.3 is 10.0 Å². The highest BCUT2D eigenvalue weighted by molar-refractivity contribution is 5.94. The first-order valence-corrected chi connectivity index (χ1v) is 7.46. The number of hydrogen-bond donors (Lipinski definition) is 1. The molecule has 0 radical (unpaired) electrons. The Morgan fingerprint density at radius 3 is 2.91 bits per heavy atom. The van der Waals surface area contributed by atoms with Crippen molar-refractivity contribution in [3.63, 3.8) is 0 Å². The van der Waals surface area contributed by atoms with Gasteiger partial charge in [0.15, 0.2) is 0 Å². The summed E-state index contributed by atoms with van der Waals surface area (Å²) < 4.78 is 0. The number of nitrogens with zero attached hydrogens (tertiary/aromatic N) is 3. The number of aliphatic hydroxyl groups excluding tert-OH is 1. The minimum absolute atomic E-state index is 0.0714. The van der Waals surface area contributed by atoms with Crippen LogP contribution in [0.15, 0.2) is 42.9 Å². The molecule has 2 aromatic heterocycles. The second-order valence-corrected chi connectivity index (χ2v) is 5.68. The number of aryl methyl sites for hydroxylation is 1. The molecule has 0 saturated carbocycles. The molecular weight excluding hydrogens is 278 g/mol. The van der Waals surface area contributed by atoms with E-state index in [1.807, 2.05) is 25.1 Å². The molecule has 2 atom stereocenters. The van der Waals surface area contributed by atoms with E-state index in [9.17, 15) is 9.90 Å². The second kappa shape index (κ2) is 6.23. The summed E-state index contributed by atoms with van der Waals surface area (Å²) in [5.74, 6) is -0.0714. The normalized spacial score (nSPS) is 21.1. The number of amides is 1. The number of aromatic nitrogens is 2. The second-order valence-electron chi connectivity index (χ2n) is 5.68. The van der Waals surface area contributed by atoms with Crippen LogP contribution in [-0.2, 0) is 6.42 Å². The van der Waals surface area contributed by atoms with Crippen molar-refractivity contribution in [3.05, 3.63) is 59.7 Å². The number of aliphatic hydroxyl groups is 1. The van der Waals surface area contributed by atoms with Crippen LogP contribution in [0.2, 0.25) is 0 Å². The lowest BCUT2D eigenvalue weighted by molar-refractivity contribution is 0.0639. The van der Waals surface area contributed by atoms with Crippen molar-refractivity contribution in [1.82, 2.24) is 14.9 Å². The molecule has 0 aromatic carbocycles. The van der Waals surface area contributed by atoms with E-state index in [4.69, 9.17) is 0 Å². The van der Waals surface area contributed by atoms with Crippen LogP contribution in [0.4, 0.5) is 0 Å². The predicted octanol–water partition coefficient (Wildman–Crippen LogP) is 1.60. The highest BCUT2D eigenvalue weighted by atomic mass is 16.3. The van der Waals surface area contributed by atoms with Crippen LogP contribution >= 0.6 is 0 Å². The lowest BCUT2D eigenvalue weighted by Gasteiger charge is -2.26. The van der Waals surface area contributed by atoms with E-state index in [0.717, 1.165) is 11.3 Å². The molecule has 1 aliphatic rings. The van der Waals surface area contributed by atoms with Crippen LogP contribution in [0.5, 0.6) is 0 Å². The van der Waals surface area contributed by atoms with Crippen molar-refractivity contribution < 1.29 is 9.90 Å². The number of pyridine rings is 2. The van der Waals surface area contributed by atoms with Gasteiger partial charge in [-0.2, -0.15) is 0 Å². The summed E-state index contributed by atoms with van der Waals surface area (Å²) >= 11 is 0. The average molecular weight is 297 g/mol. The molecule has 1 fully saturated rings. The van der Waals surface area contributed by atoms with Crippen molar-refractivity contribution in [1.29, 1.82) is 0 Å². The monoisotopic (exact) mass is 297 g/mol.